The summed E-state index contributed by atoms with van der Waals surface area (Å²) in [6, 6.07) is 10.7. The molecule has 1 amide bonds. The van der Waals surface area contributed by atoms with Crippen LogP contribution >= 0.6 is 11.8 Å². The molecule has 6 nitrogen and oxygen atoms in total. The van der Waals surface area contributed by atoms with E-state index in [1.807, 2.05) is 24.3 Å². The van der Waals surface area contributed by atoms with E-state index in [4.69, 9.17) is 4.74 Å². The second-order valence-corrected chi connectivity index (χ2v) is 6.47. The third kappa shape index (κ3) is 4.25. The largest absolute Gasteiger partial charge is 0.497 e. The monoisotopic (exact) mass is 390 g/mol. The minimum atomic E-state index is -0.825. The summed E-state index contributed by atoms with van der Waals surface area (Å²) in [7, 11) is 3.36. The number of nitrogens with one attached hydrogen (secondary N) is 1. The number of carbonyl (C=O) groups excluding carboxylic acids is 1. The zero-order chi connectivity index (χ0) is 19.4. The van der Waals surface area contributed by atoms with E-state index in [9.17, 15) is 13.6 Å². The van der Waals surface area contributed by atoms with Crippen molar-refractivity contribution in [2.24, 2.45) is 7.05 Å². The maximum absolute atomic E-state index is 13.6. The molecule has 3 rings (SSSR count). The summed E-state index contributed by atoms with van der Waals surface area (Å²) < 4.78 is 34.0. The number of aromatic nitrogens is 3. The average Bonchev–Trinajstić information content (AvgIpc) is 3.04. The van der Waals surface area contributed by atoms with Crippen LogP contribution in [-0.4, -0.2) is 33.5 Å². The Labute approximate surface area is 158 Å². The Balaban J connectivity index is 1.66. The van der Waals surface area contributed by atoms with Crippen LogP contribution in [0.4, 0.5) is 14.5 Å². The molecule has 1 N–H and O–H groups in total. The molecule has 0 radical (unpaired) electrons. The zero-order valence-electron chi connectivity index (χ0n) is 14.6. The maximum atomic E-state index is 13.6. The summed E-state index contributed by atoms with van der Waals surface area (Å²) in [6.45, 7) is 0. The Morgan fingerprint density at radius 2 is 1.81 bits per heavy atom. The zero-order valence-corrected chi connectivity index (χ0v) is 15.4. The van der Waals surface area contributed by atoms with Crippen molar-refractivity contribution in [3.05, 3.63) is 54.1 Å². The number of anilines is 1. The molecular weight excluding hydrogens is 374 g/mol. The van der Waals surface area contributed by atoms with E-state index in [1.165, 1.54) is 6.07 Å². The molecule has 1 heterocycles. The minimum Gasteiger partial charge on any atom is -0.497 e. The number of carbonyl (C=O) groups is 1. The topological polar surface area (TPSA) is 69.0 Å². The Morgan fingerprint density at radius 1 is 1.15 bits per heavy atom. The fourth-order valence-corrected chi connectivity index (χ4v) is 3.07. The molecule has 2 aromatic carbocycles. The van der Waals surface area contributed by atoms with Gasteiger partial charge in [-0.2, -0.15) is 0 Å². The fraction of sp³-hybridized carbons (Fsp3) is 0.167. The number of methoxy groups -OCH3 is 1. The van der Waals surface area contributed by atoms with Gasteiger partial charge in [-0.3, -0.25) is 4.79 Å². The van der Waals surface area contributed by atoms with E-state index >= 15 is 0 Å². The summed E-state index contributed by atoms with van der Waals surface area (Å²) in [5.74, 6) is -0.906. The number of halogens is 2. The van der Waals surface area contributed by atoms with Crippen molar-refractivity contribution in [3.63, 3.8) is 0 Å². The van der Waals surface area contributed by atoms with Crippen molar-refractivity contribution >= 4 is 23.4 Å². The number of hydrogen-bond donors (Lipinski definition) is 1. The van der Waals surface area contributed by atoms with Gasteiger partial charge in [0.05, 0.1) is 12.9 Å². The molecule has 0 fully saturated rings. The predicted molar refractivity (Wildman–Crippen MR) is 98.7 cm³/mol. The molecule has 0 saturated carbocycles. The van der Waals surface area contributed by atoms with Crippen molar-refractivity contribution in [1.29, 1.82) is 0 Å². The van der Waals surface area contributed by atoms with Crippen molar-refractivity contribution in [2.75, 3.05) is 18.2 Å². The number of amides is 1. The van der Waals surface area contributed by atoms with Crippen LogP contribution in [0, 0.1) is 11.6 Å². The summed E-state index contributed by atoms with van der Waals surface area (Å²) >= 11 is 1.12. The molecule has 0 unspecified atom stereocenters. The van der Waals surface area contributed by atoms with Gasteiger partial charge in [-0.1, -0.05) is 17.8 Å². The average molecular weight is 390 g/mol. The van der Waals surface area contributed by atoms with Gasteiger partial charge in [0.1, 0.15) is 23.1 Å². The Hall–Kier alpha value is -2.94. The lowest BCUT2D eigenvalue weighted by molar-refractivity contribution is -0.113. The molecule has 0 atom stereocenters. The highest BCUT2D eigenvalue weighted by Gasteiger charge is 2.15. The van der Waals surface area contributed by atoms with Gasteiger partial charge in [0.2, 0.25) is 5.91 Å². The molecule has 0 spiro atoms. The number of para-hydroxylation sites is 1. The summed E-state index contributed by atoms with van der Waals surface area (Å²) in [5.41, 5.74) is 0.385. The van der Waals surface area contributed by atoms with Crippen molar-refractivity contribution in [3.8, 4) is 17.1 Å². The smallest absolute Gasteiger partial charge is 0.235 e. The van der Waals surface area contributed by atoms with Crippen molar-refractivity contribution in [1.82, 2.24) is 14.8 Å². The van der Waals surface area contributed by atoms with Crippen LogP contribution in [0.5, 0.6) is 5.75 Å². The van der Waals surface area contributed by atoms with Gasteiger partial charge < -0.3 is 14.6 Å². The molecule has 0 saturated heterocycles. The van der Waals surface area contributed by atoms with E-state index in [2.05, 4.69) is 15.5 Å². The highest BCUT2D eigenvalue weighted by Crippen LogP contribution is 2.25. The molecule has 27 heavy (non-hydrogen) atoms. The van der Waals surface area contributed by atoms with E-state index in [-0.39, 0.29) is 5.75 Å². The first kappa shape index (κ1) is 18.8. The molecule has 140 valence electrons. The van der Waals surface area contributed by atoms with E-state index in [0.717, 1.165) is 35.2 Å². The second kappa shape index (κ2) is 8.17. The van der Waals surface area contributed by atoms with Crippen LogP contribution in [0.3, 0.4) is 0 Å². The van der Waals surface area contributed by atoms with Gasteiger partial charge in [0.25, 0.3) is 0 Å². The van der Waals surface area contributed by atoms with Gasteiger partial charge in [0.15, 0.2) is 11.0 Å². The predicted octanol–water partition coefficient (Wildman–Crippen LogP) is 3.50. The van der Waals surface area contributed by atoms with E-state index < -0.39 is 23.2 Å². The number of thioether (sulfide) groups is 1. The molecule has 9 heteroatoms. The van der Waals surface area contributed by atoms with Crippen LogP contribution < -0.4 is 10.1 Å². The standard InChI is InChI=1S/C18H16F2N4O2S/c1-24-17(11-6-8-12(26-2)9-7-11)22-23-18(24)27-10-15(25)21-16-13(19)4-3-5-14(16)20/h3-9H,10H2,1-2H3,(H,21,25). The van der Waals surface area contributed by atoms with E-state index in [1.54, 1.807) is 18.7 Å². The SMILES string of the molecule is COc1ccc(-c2nnc(SCC(=O)Nc3c(F)cccc3F)n2C)cc1. The molecular formula is C18H16F2N4O2S. The first-order chi connectivity index (χ1) is 13.0. The lowest BCUT2D eigenvalue weighted by Gasteiger charge is -2.07. The van der Waals surface area contributed by atoms with Crippen LogP contribution in [0.25, 0.3) is 11.4 Å². The summed E-state index contributed by atoms with van der Waals surface area (Å²) in [6.07, 6.45) is 0. The highest BCUT2D eigenvalue weighted by atomic mass is 32.2. The first-order valence-corrected chi connectivity index (χ1v) is 8.88. The van der Waals surface area contributed by atoms with Crippen molar-refractivity contribution < 1.29 is 18.3 Å². The molecule has 0 aliphatic heterocycles. The Morgan fingerprint density at radius 3 is 2.44 bits per heavy atom. The number of ether oxygens (including phenoxy) is 1. The van der Waals surface area contributed by atoms with Gasteiger partial charge in [0, 0.05) is 12.6 Å². The van der Waals surface area contributed by atoms with Crippen LogP contribution in [0.15, 0.2) is 47.6 Å². The summed E-state index contributed by atoms with van der Waals surface area (Å²) in [5, 5.41) is 10.9. The van der Waals surface area contributed by atoms with Gasteiger partial charge in [-0.15, -0.1) is 10.2 Å². The third-order valence-electron chi connectivity index (χ3n) is 3.74. The molecule has 1 aromatic heterocycles. The Kier molecular flexibility index (Phi) is 5.70. The molecule has 0 aliphatic carbocycles. The normalized spacial score (nSPS) is 10.7. The lowest BCUT2D eigenvalue weighted by atomic mass is 10.2. The van der Waals surface area contributed by atoms with Gasteiger partial charge in [-0.25, -0.2) is 8.78 Å². The number of nitrogens with zero attached hydrogens (tertiary/aromatic N) is 3. The quantitative estimate of drug-likeness (QED) is 0.653. The number of benzene rings is 2. The fourth-order valence-electron chi connectivity index (χ4n) is 2.35. The molecule has 3 aromatic rings. The van der Waals surface area contributed by atoms with Crippen LogP contribution in [0.1, 0.15) is 0 Å². The van der Waals surface area contributed by atoms with E-state index in [0.29, 0.717) is 11.0 Å². The van der Waals surface area contributed by atoms with Gasteiger partial charge in [-0.05, 0) is 36.4 Å². The molecule has 0 aliphatic rings. The maximum Gasteiger partial charge on any atom is 0.235 e. The van der Waals surface area contributed by atoms with Crippen LogP contribution in [-0.2, 0) is 11.8 Å². The van der Waals surface area contributed by atoms with Crippen LogP contribution in [0.2, 0.25) is 0 Å². The first-order valence-electron chi connectivity index (χ1n) is 7.90. The second-order valence-electron chi connectivity index (χ2n) is 5.53. The number of hydrogen-bond acceptors (Lipinski definition) is 5. The van der Waals surface area contributed by atoms with Gasteiger partial charge >= 0.3 is 0 Å². The minimum absolute atomic E-state index is 0.0671. The number of rotatable bonds is 6. The third-order valence-corrected chi connectivity index (χ3v) is 4.76. The van der Waals surface area contributed by atoms with Crippen molar-refractivity contribution in [2.45, 2.75) is 5.16 Å². The summed E-state index contributed by atoms with van der Waals surface area (Å²) in [4.78, 5) is 12.0. The highest BCUT2D eigenvalue weighted by molar-refractivity contribution is 7.99. The molecule has 0 bridgehead atoms. The Bertz CT molecular complexity index is 940. The lowest BCUT2D eigenvalue weighted by Crippen LogP contribution is -2.16.